The van der Waals surface area contributed by atoms with Crippen LogP contribution in [0.15, 0.2) is 237 Å². The van der Waals surface area contributed by atoms with E-state index < -0.39 is 0 Å². The summed E-state index contributed by atoms with van der Waals surface area (Å²) in [6, 6.07) is 82.9. The number of nitrogens with zero attached hydrogens (tertiary/aromatic N) is 1. The van der Waals surface area contributed by atoms with Crippen molar-refractivity contribution < 1.29 is 0 Å². The van der Waals surface area contributed by atoms with E-state index in [-0.39, 0.29) is 6.04 Å². The Morgan fingerprint density at radius 2 is 0.923 bits per heavy atom. The van der Waals surface area contributed by atoms with Gasteiger partial charge < -0.3 is 4.90 Å². The number of rotatable bonds is 7. The highest BCUT2D eigenvalue weighted by Crippen LogP contribution is 2.51. The molecule has 0 heterocycles. The highest BCUT2D eigenvalue weighted by molar-refractivity contribution is 6.33. The molecule has 0 radical (unpaired) electrons. The minimum atomic E-state index is 0.0513. The van der Waals surface area contributed by atoms with Gasteiger partial charge in [-0.3, -0.25) is 0 Å². The van der Waals surface area contributed by atoms with Gasteiger partial charge in [0.05, 0.1) is 6.04 Å². The lowest BCUT2D eigenvalue weighted by molar-refractivity contribution is 0.950. The molecule has 11 aromatic carbocycles. The van der Waals surface area contributed by atoms with Crippen molar-refractivity contribution in [3.8, 4) is 44.5 Å². The summed E-state index contributed by atoms with van der Waals surface area (Å²) < 4.78 is 0. The zero-order valence-corrected chi connectivity index (χ0v) is 35.8. The van der Waals surface area contributed by atoms with Crippen LogP contribution in [-0.2, 0) is 6.42 Å². The van der Waals surface area contributed by atoms with Crippen molar-refractivity contribution in [2.45, 2.75) is 12.5 Å². The van der Waals surface area contributed by atoms with Gasteiger partial charge >= 0.3 is 0 Å². The van der Waals surface area contributed by atoms with Crippen LogP contribution in [0.1, 0.15) is 16.7 Å². The van der Waals surface area contributed by atoms with Crippen molar-refractivity contribution >= 4 is 66.1 Å². The number of allylic oxidation sites excluding steroid dienone is 1. The monoisotopic (exact) mass is 825 g/mol. The molecule has 0 N–H and O–H groups in total. The molecule has 11 aromatic rings. The number of para-hydroxylation sites is 2. The lowest BCUT2D eigenvalue weighted by atomic mass is 9.77. The summed E-state index contributed by atoms with van der Waals surface area (Å²) in [7, 11) is 0. The zero-order valence-electron chi connectivity index (χ0n) is 35.8. The van der Waals surface area contributed by atoms with Crippen molar-refractivity contribution in [1.82, 2.24) is 0 Å². The Hall–Kier alpha value is -8.26. The highest BCUT2D eigenvalue weighted by Gasteiger charge is 2.31. The molecule has 13 rings (SSSR count). The largest absolute Gasteiger partial charge is 0.330 e. The van der Waals surface area contributed by atoms with Crippen molar-refractivity contribution in [1.29, 1.82) is 0 Å². The second-order valence-corrected chi connectivity index (χ2v) is 17.4. The molecule has 0 bridgehead atoms. The van der Waals surface area contributed by atoms with Gasteiger partial charge in [0.25, 0.3) is 0 Å². The molecule has 1 unspecified atom stereocenters. The van der Waals surface area contributed by atoms with Crippen molar-refractivity contribution in [3.63, 3.8) is 0 Å². The molecule has 0 amide bonds. The van der Waals surface area contributed by atoms with E-state index >= 15 is 0 Å². The van der Waals surface area contributed by atoms with Crippen LogP contribution in [0.5, 0.6) is 0 Å². The first-order valence-corrected chi connectivity index (χ1v) is 22.8. The van der Waals surface area contributed by atoms with E-state index in [0.717, 1.165) is 6.42 Å². The SMILES string of the molecule is C1=CC(N(c2ccccc2)c2ccccc2)C2=CCc3ccc(-c4ccc5c(c4)c4ccccc4c4c(-c6ccccc6)cc(-c6ccccc6)c(-c6ccccc6)c54)c4ccc1c2c34. The predicted octanol–water partition coefficient (Wildman–Crippen LogP) is 17.1. The van der Waals surface area contributed by atoms with Gasteiger partial charge in [-0.15, -0.1) is 0 Å². The second-order valence-electron chi connectivity index (χ2n) is 17.4. The molecule has 1 atom stereocenters. The summed E-state index contributed by atoms with van der Waals surface area (Å²) in [6.45, 7) is 0. The molecule has 1 heteroatoms. The molecule has 0 aliphatic heterocycles. The van der Waals surface area contributed by atoms with Crippen LogP contribution in [0, 0.1) is 0 Å². The average Bonchev–Trinajstić information content (AvgIpc) is 3.39. The van der Waals surface area contributed by atoms with Crippen molar-refractivity contribution in [2.24, 2.45) is 0 Å². The number of hydrogen-bond donors (Lipinski definition) is 0. The van der Waals surface area contributed by atoms with Gasteiger partial charge in [0.2, 0.25) is 0 Å². The summed E-state index contributed by atoms with van der Waals surface area (Å²) in [5.74, 6) is 0. The molecule has 2 aliphatic rings. The Morgan fingerprint density at radius 1 is 0.354 bits per heavy atom. The van der Waals surface area contributed by atoms with Gasteiger partial charge in [-0.2, -0.15) is 0 Å². The fourth-order valence-corrected chi connectivity index (χ4v) is 11.1. The van der Waals surface area contributed by atoms with Crippen LogP contribution < -0.4 is 4.90 Å². The summed E-state index contributed by atoms with van der Waals surface area (Å²) in [5, 5.41) is 10.3. The standard InChI is InChI=1S/C64H43N/c1-6-18-42(19-7-1)56-41-57(43-20-8-2-9-21-43)63-52-29-17-16-28-51(52)58-40-47(33-37-54(58)64(63)62(56)44-22-10-3-11-23-44)50-35-30-45-32-38-55-59(39-34-46-31-36-53(50)60(45)61(46)55)65(48-24-12-4-13-25-48)49-26-14-5-15-27-49/h1-31,33-41,59H,32H2. The molecule has 1 nitrogen and oxygen atoms in total. The number of anilines is 2. The topological polar surface area (TPSA) is 3.24 Å². The Bertz CT molecular complexity index is 3660. The molecular formula is C64H43N. The smallest absolute Gasteiger partial charge is 0.0782 e. The normalized spacial score (nSPS) is 14.0. The van der Waals surface area contributed by atoms with Crippen LogP contribution in [0.3, 0.4) is 0 Å². The van der Waals surface area contributed by atoms with Gasteiger partial charge in [0.1, 0.15) is 0 Å². The maximum absolute atomic E-state index is 2.49. The number of fused-ring (bicyclic) bond motifs is 6. The van der Waals surface area contributed by atoms with E-state index in [4.69, 9.17) is 0 Å². The van der Waals surface area contributed by atoms with E-state index in [1.165, 1.54) is 121 Å². The average molecular weight is 826 g/mol. The Morgan fingerprint density at radius 3 is 1.60 bits per heavy atom. The number of benzene rings is 11. The molecule has 2 aliphatic carbocycles. The van der Waals surface area contributed by atoms with Crippen LogP contribution in [-0.4, -0.2) is 6.04 Å². The first-order valence-electron chi connectivity index (χ1n) is 22.8. The van der Waals surface area contributed by atoms with E-state index in [1.807, 2.05) is 0 Å². The quantitative estimate of drug-likeness (QED) is 0.145. The minimum Gasteiger partial charge on any atom is -0.330 e. The van der Waals surface area contributed by atoms with Crippen molar-refractivity contribution in [3.05, 3.63) is 253 Å². The van der Waals surface area contributed by atoms with Crippen LogP contribution in [0.25, 0.3) is 99.2 Å². The summed E-state index contributed by atoms with van der Waals surface area (Å²) >= 11 is 0. The molecule has 0 aromatic heterocycles. The third-order valence-corrected chi connectivity index (χ3v) is 13.9. The van der Waals surface area contributed by atoms with Crippen LogP contribution in [0.4, 0.5) is 11.4 Å². The van der Waals surface area contributed by atoms with E-state index in [9.17, 15) is 0 Å². The van der Waals surface area contributed by atoms with E-state index in [0.29, 0.717) is 0 Å². The Labute approximate surface area is 379 Å². The van der Waals surface area contributed by atoms with E-state index in [1.54, 1.807) is 0 Å². The van der Waals surface area contributed by atoms with Gasteiger partial charge in [-0.05, 0) is 153 Å². The molecule has 65 heavy (non-hydrogen) atoms. The fraction of sp³-hybridized carbons (Fsp3) is 0.0312. The maximum Gasteiger partial charge on any atom is 0.0782 e. The molecule has 0 spiro atoms. The van der Waals surface area contributed by atoms with Gasteiger partial charge in [0, 0.05) is 11.4 Å². The fourth-order valence-electron chi connectivity index (χ4n) is 11.1. The summed E-state index contributed by atoms with van der Waals surface area (Å²) in [4.78, 5) is 2.49. The minimum absolute atomic E-state index is 0.0513. The molecule has 304 valence electrons. The third-order valence-electron chi connectivity index (χ3n) is 13.9. The Balaban J connectivity index is 1.06. The van der Waals surface area contributed by atoms with E-state index in [2.05, 4.69) is 248 Å². The summed E-state index contributed by atoms with van der Waals surface area (Å²) in [5.41, 5.74) is 17.6. The summed E-state index contributed by atoms with van der Waals surface area (Å²) in [6.07, 6.45) is 8.12. The van der Waals surface area contributed by atoms with Crippen LogP contribution >= 0.6 is 0 Å². The first-order chi connectivity index (χ1) is 32.3. The first kappa shape index (κ1) is 37.3. The lowest BCUT2D eigenvalue weighted by Crippen LogP contribution is -2.33. The molecule has 0 saturated carbocycles. The third kappa shape index (κ3) is 6.00. The van der Waals surface area contributed by atoms with Crippen LogP contribution in [0.2, 0.25) is 0 Å². The second kappa shape index (κ2) is 15.2. The number of hydrogen-bond acceptors (Lipinski definition) is 1. The van der Waals surface area contributed by atoms with Gasteiger partial charge in [0.15, 0.2) is 0 Å². The zero-order chi connectivity index (χ0) is 42.8. The van der Waals surface area contributed by atoms with Gasteiger partial charge in [-0.25, -0.2) is 0 Å². The maximum atomic E-state index is 2.49. The molecule has 0 fully saturated rings. The Kier molecular flexibility index (Phi) is 8.74. The van der Waals surface area contributed by atoms with Crippen molar-refractivity contribution in [2.75, 3.05) is 4.90 Å². The molecule has 0 saturated heterocycles. The molecular weight excluding hydrogens is 783 g/mol. The lowest BCUT2D eigenvalue weighted by Gasteiger charge is -2.38. The predicted molar refractivity (Wildman–Crippen MR) is 278 cm³/mol. The van der Waals surface area contributed by atoms with Gasteiger partial charge in [-0.1, -0.05) is 206 Å². The highest BCUT2D eigenvalue weighted by atomic mass is 15.2.